The van der Waals surface area contributed by atoms with Crippen LogP contribution in [-0.4, -0.2) is 41.5 Å². The molecule has 1 aromatic rings. The van der Waals surface area contributed by atoms with Crippen molar-refractivity contribution >= 4 is 28.7 Å². The first-order valence-corrected chi connectivity index (χ1v) is 6.94. The van der Waals surface area contributed by atoms with E-state index in [0.717, 1.165) is 13.0 Å². The molecule has 0 amide bonds. The molecule has 1 N–H and O–H groups in total. The van der Waals surface area contributed by atoms with Crippen molar-refractivity contribution in [1.29, 1.82) is 0 Å². The number of aliphatic hydroxyl groups is 1. The number of aliphatic hydroxyl groups excluding tert-OH is 1. The van der Waals surface area contributed by atoms with Gasteiger partial charge in [0.25, 0.3) is 0 Å². The number of hydrogen-bond acceptors (Lipinski definition) is 4. The standard InChI is InChI=1S/C12H16ClNO2S/c1-8-4-5-14(9(8)7-15)6-10(16)11-2-3-12(13)17-11/h2-3,8-9,15H,4-7H2,1H3. The van der Waals surface area contributed by atoms with Gasteiger partial charge in [0, 0.05) is 6.04 Å². The molecule has 1 fully saturated rings. The van der Waals surface area contributed by atoms with Gasteiger partial charge in [-0.05, 0) is 31.0 Å². The summed E-state index contributed by atoms with van der Waals surface area (Å²) in [5, 5.41) is 9.32. The molecule has 1 saturated heterocycles. The van der Waals surface area contributed by atoms with Crippen molar-refractivity contribution in [2.45, 2.75) is 19.4 Å². The van der Waals surface area contributed by atoms with Gasteiger partial charge in [0.2, 0.25) is 0 Å². The van der Waals surface area contributed by atoms with Gasteiger partial charge in [0.15, 0.2) is 5.78 Å². The highest BCUT2D eigenvalue weighted by molar-refractivity contribution is 7.18. The Morgan fingerprint density at radius 2 is 2.41 bits per heavy atom. The number of thiophene rings is 1. The van der Waals surface area contributed by atoms with Gasteiger partial charge in [-0.25, -0.2) is 0 Å². The number of carbonyl (C=O) groups is 1. The van der Waals surface area contributed by atoms with Crippen molar-refractivity contribution in [2.24, 2.45) is 5.92 Å². The maximum absolute atomic E-state index is 12.0. The van der Waals surface area contributed by atoms with Gasteiger partial charge in [0.1, 0.15) is 0 Å². The minimum absolute atomic E-state index is 0.0921. The average Bonchev–Trinajstić information content (AvgIpc) is 2.86. The summed E-state index contributed by atoms with van der Waals surface area (Å²) in [4.78, 5) is 14.8. The fourth-order valence-corrected chi connectivity index (χ4v) is 3.28. The van der Waals surface area contributed by atoms with Crippen LogP contribution in [0.25, 0.3) is 0 Å². The van der Waals surface area contributed by atoms with Crippen molar-refractivity contribution in [1.82, 2.24) is 4.90 Å². The first-order chi connectivity index (χ1) is 8.11. The maximum Gasteiger partial charge on any atom is 0.186 e. The molecule has 0 spiro atoms. The minimum atomic E-state index is 0.0921. The Kier molecular flexibility index (Phi) is 4.20. The highest BCUT2D eigenvalue weighted by atomic mass is 35.5. The molecule has 2 heterocycles. The second-order valence-corrected chi connectivity index (χ2v) is 6.23. The van der Waals surface area contributed by atoms with E-state index in [9.17, 15) is 9.90 Å². The number of Topliss-reactive ketones (excluding diaryl/α,β-unsaturated/α-hetero) is 1. The molecule has 3 nitrogen and oxygen atoms in total. The lowest BCUT2D eigenvalue weighted by molar-refractivity contribution is 0.0870. The SMILES string of the molecule is CC1CCN(CC(=O)c2ccc(Cl)s2)C1CO. The zero-order valence-electron chi connectivity index (χ0n) is 9.73. The number of likely N-dealkylation sites (tertiary alicyclic amines) is 1. The van der Waals surface area contributed by atoms with Gasteiger partial charge < -0.3 is 5.11 Å². The summed E-state index contributed by atoms with van der Waals surface area (Å²) >= 11 is 7.13. The van der Waals surface area contributed by atoms with E-state index in [2.05, 4.69) is 11.8 Å². The van der Waals surface area contributed by atoms with E-state index in [1.165, 1.54) is 11.3 Å². The molecule has 0 radical (unpaired) electrons. The fourth-order valence-electron chi connectivity index (χ4n) is 2.31. The van der Waals surface area contributed by atoms with Crippen molar-refractivity contribution in [3.05, 3.63) is 21.3 Å². The normalized spacial score (nSPS) is 25.4. The molecule has 2 atom stereocenters. The monoisotopic (exact) mass is 273 g/mol. The van der Waals surface area contributed by atoms with Crippen LogP contribution in [0.1, 0.15) is 23.0 Å². The highest BCUT2D eigenvalue weighted by Crippen LogP contribution is 2.26. The Labute approximate surface area is 110 Å². The Morgan fingerprint density at radius 3 is 3.00 bits per heavy atom. The number of hydrogen-bond donors (Lipinski definition) is 1. The molecular formula is C12H16ClNO2S. The van der Waals surface area contributed by atoms with Crippen LogP contribution in [0.4, 0.5) is 0 Å². The Balaban J connectivity index is 1.99. The van der Waals surface area contributed by atoms with Crippen LogP contribution in [0, 0.1) is 5.92 Å². The predicted octanol–water partition coefficient (Wildman–Crippen LogP) is 2.29. The molecule has 17 heavy (non-hydrogen) atoms. The summed E-state index contributed by atoms with van der Waals surface area (Å²) in [7, 11) is 0. The van der Waals surface area contributed by atoms with Crippen LogP contribution in [0.2, 0.25) is 4.34 Å². The van der Waals surface area contributed by atoms with Gasteiger partial charge in [-0.2, -0.15) is 0 Å². The third-order valence-electron chi connectivity index (χ3n) is 3.38. The summed E-state index contributed by atoms with van der Waals surface area (Å²) in [6.45, 7) is 3.51. The zero-order valence-corrected chi connectivity index (χ0v) is 11.3. The molecule has 1 aliphatic rings. The molecule has 0 saturated carbocycles. The van der Waals surface area contributed by atoms with Gasteiger partial charge in [-0.15, -0.1) is 11.3 Å². The topological polar surface area (TPSA) is 40.5 Å². The summed E-state index contributed by atoms with van der Waals surface area (Å²) in [6.07, 6.45) is 1.05. The predicted molar refractivity (Wildman–Crippen MR) is 69.9 cm³/mol. The summed E-state index contributed by atoms with van der Waals surface area (Å²) in [5.74, 6) is 0.550. The zero-order chi connectivity index (χ0) is 12.4. The van der Waals surface area contributed by atoms with Crippen molar-refractivity contribution in [2.75, 3.05) is 19.7 Å². The molecule has 5 heteroatoms. The lowest BCUT2D eigenvalue weighted by Crippen LogP contribution is -2.38. The molecule has 0 aliphatic carbocycles. The fraction of sp³-hybridized carbons (Fsp3) is 0.583. The Bertz CT molecular complexity index is 407. The molecule has 1 aliphatic heterocycles. The number of rotatable bonds is 4. The van der Waals surface area contributed by atoms with Gasteiger partial charge in [-0.1, -0.05) is 18.5 Å². The maximum atomic E-state index is 12.0. The van der Waals surface area contributed by atoms with E-state index in [1.54, 1.807) is 12.1 Å². The van der Waals surface area contributed by atoms with E-state index in [-0.39, 0.29) is 18.4 Å². The van der Waals surface area contributed by atoms with Gasteiger partial charge in [0.05, 0.1) is 22.4 Å². The Hall–Kier alpha value is -0.420. The number of nitrogens with zero attached hydrogens (tertiary/aromatic N) is 1. The first kappa shape index (κ1) is 13.0. The summed E-state index contributed by atoms with van der Waals surface area (Å²) in [5.41, 5.74) is 0. The second-order valence-electron chi connectivity index (χ2n) is 4.51. The van der Waals surface area contributed by atoms with E-state index in [0.29, 0.717) is 21.7 Å². The van der Waals surface area contributed by atoms with E-state index in [4.69, 9.17) is 11.6 Å². The van der Waals surface area contributed by atoms with Crippen LogP contribution in [-0.2, 0) is 0 Å². The first-order valence-electron chi connectivity index (χ1n) is 5.75. The molecule has 0 bridgehead atoms. The third-order valence-corrected chi connectivity index (χ3v) is 4.65. The third kappa shape index (κ3) is 2.88. The molecule has 94 valence electrons. The van der Waals surface area contributed by atoms with Crippen molar-refractivity contribution < 1.29 is 9.90 Å². The van der Waals surface area contributed by atoms with Crippen LogP contribution < -0.4 is 0 Å². The molecule has 0 aromatic carbocycles. The molecular weight excluding hydrogens is 258 g/mol. The van der Waals surface area contributed by atoms with Crippen LogP contribution in [0.5, 0.6) is 0 Å². The lowest BCUT2D eigenvalue weighted by atomic mass is 10.0. The van der Waals surface area contributed by atoms with Crippen LogP contribution >= 0.6 is 22.9 Å². The van der Waals surface area contributed by atoms with Gasteiger partial charge >= 0.3 is 0 Å². The average molecular weight is 274 g/mol. The highest BCUT2D eigenvalue weighted by Gasteiger charge is 2.31. The molecule has 2 unspecified atom stereocenters. The lowest BCUT2D eigenvalue weighted by Gasteiger charge is -2.23. The van der Waals surface area contributed by atoms with E-state index in [1.807, 2.05) is 0 Å². The quantitative estimate of drug-likeness (QED) is 0.856. The molecule has 2 rings (SSSR count). The number of ketones is 1. The van der Waals surface area contributed by atoms with Crippen LogP contribution in [0.3, 0.4) is 0 Å². The summed E-state index contributed by atoms with van der Waals surface area (Å²) < 4.78 is 0.641. The van der Waals surface area contributed by atoms with E-state index < -0.39 is 0 Å². The smallest absolute Gasteiger partial charge is 0.186 e. The summed E-state index contributed by atoms with van der Waals surface area (Å²) in [6, 6.07) is 3.63. The van der Waals surface area contributed by atoms with E-state index >= 15 is 0 Å². The van der Waals surface area contributed by atoms with Crippen molar-refractivity contribution in [3.63, 3.8) is 0 Å². The number of halogens is 1. The van der Waals surface area contributed by atoms with Crippen molar-refractivity contribution in [3.8, 4) is 0 Å². The number of carbonyl (C=O) groups excluding carboxylic acids is 1. The minimum Gasteiger partial charge on any atom is -0.395 e. The molecule has 1 aromatic heterocycles. The largest absolute Gasteiger partial charge is 0.395 e. The second kappa shape index (κ2) is 5.48. The van der Waals surface area contributed by atoms with Gasteiger partial charge in [-0.3, -0.25) is 9.69 Å². The Morgan fingerprint density at radius 1 is 1.65 bits per heavy atom. The van der Waals surface area contributed by atoms with Crippen LogP contribution in [0.15, 0.2) is 12.1 Å².